The van der Waals surface area contributed by atoms with Crippen LogP contribution in [0.2, 0.25) is 0 Å². The highest BCUT2D eigenvalue weighted by molar-refractivity contribution is 5.85. The predicted molar refractivity (Wildman–Crippen MR) is 56.3 cm³/mol. The Morgan fingerprint density at radius 2 is 2.00 bits per heavy atom. The van der Waals surface area contributed by atoms with Crippen molar-refractivity contribution < 1.29 is 9.53 Å². The number of ether oxygens (including phenoxy) is 1. The van der Waals surface area contributed by atoms with Crippen molar-refractivity contribution in [2.75, 3.05) is 32.8 Å². The zero-order chi connectivity index (χ0) is 10.6. The molecule has 1 rings (SSSR count). The Morgan fingerprint density at radius 1 is 1.29 bits per heavy atom. The van der Waals surface area contributed by atoms with Gasteiger partial charge in [-0.2, -0.15) is 0 Å². The minimum atomic E-state index is -0.215. The van der Waals surface area contributed by atoms with E-state index < -0.39 is 0 Å². The number of nitrogens with zero attached hydrogens (tertiary/aromatic N) is 1. The van der Waals surface area contributed by atoms with E-state index in [2.05, 4.69) is 4.90 Å². The molecule has 1 saturated heterocycles. The van der Waals surface area contributed by atoms with Gasteiger partial charge in [0.25, 0.3) is 0 Å². The lowest BCUT2D eigenvalue weighted by molar-refractivity contribution is -0.127. The number of Topliss-reactive ketones (excluding diaryl/α,β-unsaturated/α-hetero) is 1. The first-order valence-corrected chi connectivity index (χ1v) is 5.33. The van der Waals surface area contributed by atoms with Crippen molar-refractivity contribution in [3.05, 3.63) is 0 Å². The van der Waals surface area contributed by atoms with Crippen molar-refractivity contribution in [2.45, 2.75) is 27.2 Å². The molecule has 1 fully saturated rings. The average molecular weight is 199 g/mol. The first kappa shape index (κ1) is 11.7. The van der Waals surface area contributed by atoms with Crippen LogP contribution < -0.4 is 0 Å². The molecule has 0 atom stereocenters. The van der Waals surface area contributed by atoms with Gasteiger partial charge in [0.1, 0.15) is 0 Å². The standard InChI is InChI=1S/C11H21NO2/c1-11(2,3)10(13)9-12-5-4-7-14-8-6-12/h4-9H2,1-3H3. The largest absolute Gasteiger partial charge is 0.380 e. The summed E-state index contributed by atoms with van der Waals surface area (Å²) in [5, 5.41) is 0. The van der Waals surface area contributed by atoms with E-state index in [4.69, 9.17) is 4.74 Å². The fourth-order valence-corrected chi connectivity index (χ4v) is 1.40. The summed E-state index contributed by atoms with van der Waals surface area (Å²) in [6.45, 7) is 9.98. The zero-order valence-corrected chi connectivity index (χ0v) is 9.51. The lowest BCUT2D eigenvalue weighted by Crippen LogP contribution is -2.37. The van der Waals surface area contributed by atoms with Crippen molar-refractivity contribution in [2.24, 2.45) is 5.41 Å². The van der Waals surface area contributed by atoms with E-state index in [-0.39, 0.29) is 5.41 Å². The number of hydrogen-bond donors (Lipinski definition) is 0. The van der Waals surface area contributed by atoms with Crippen molar-refractivity contribution in [1.82, 2.24) is 4.90 Å². The van der Waals surface area contributed by atoms with Crippen molar-refractivity contribution in [3.63, 3.8) is 0 Å². The second-order valence-corrected chi connectivity index (χ2v) is 4.92. The van der Waals surface area contributed by atoms with Gasteiger partial charge in [0, 0.05) is 25.1 Å². The molecule has 14 heavy (non-hydrogen) atoms. The van der Waals surface area contributed by atoms with Crippen LogP contribution in [0.25, 0.3) is 0 Å². The molecule has 0 aromatic heterocycles. The molecular formula is C11H21NO2. The molecule has 0 aromatic rings. The van der Waals surface area contributed by atoms with Crippen LogP contribution in [0.3, 0.4) is 0 Å². The predicted octanol–water partition coefficient (Wildman–Crippen LogP) is 1.32. The third-order valence-corrected chi connectivity index (χ3v) is 2.52. The summed E-state index contributed by atoms with van der Waals surface area (Å²) in [5.74, 6) is 0.319. The average Bonchev–Trinajstić information content (AvgIpc) is 2.31. The summed E-state index contributed by atoms with van der Waals surface area (Å²) in [5.41, 5.74) is -0.215. The highest BCUT2D eigenvalue weighted by atomic mass is 16.5. The van der Waals surface area contributed by atoms with Crippen LogP contribution in [0.15, 0.2) is 0 Å². The normalized spacial score (nSPS) is 20.5. The van der Waals surface area contributed by atoms with Gasteiger partial charge >= 0.3 is 0 Å². The molecule has 3 heteroatoms. The summed E-state index contributed by atoms with van der Waals surface area (Å²) in [6.07, 6.45) is 1.04. The van der Waals surface area contributed by atoms with E-state index in [0.29, 0.717) is 12.3 Å². The Balaban J connectivity index is 2.38. The fraction of sp³-hybridized carbons (Fsp3) is 0.909. The Bertz CT molecular complexity index is 188. The van der Waals surface area contributed by atoms with E-state index in [1.54, 1.807) is 0 Å². The summed E-state index contributed by atoms with van der Waals surface area (Å²) < 4.78 is 5.34. The molecule has 3 nitrogen and oxygen atoms in total. The molecule has 1 heterocycles. The van der Waals surface area contributed by atoms with Gasteiger partial charge in [-0.25, -0.2) is 0 Å². The van der Waals surface area contributed by atoms with E-state index in [1.165, 1.54) is 0 Å². The van der Waals surface area contributed by atoms with Crippen LogP contribution in [-0.4, -0.2) is 43.5 Å². The van der Waals surface area contributed by atoms with Gasteiger partial charge < -0.3 is 4.74 Å². The Kier molecular flexibility index (Phi) is 4.08. The van der Waals surface area contributed by atoms with Crippen molar-refractivity contribution in [1.29, 1.82) is 0 Å². The second-order valence-electron chi connectivity index (χ2n) is 4.92. The Hall–Kier alpha value is -0.410. The molecule has 0 radical (unpaired) electrons. The van der Waals surface area contributed by atoms with Crippen LogP contribution in [-0.2, 0) is 9.53 Å². The molecule has 0 spiro atoms. The minimum Gasteiger partial charge on any atom is -0.380 e. The maximum Gasteiger partial charge on any atom is 0.152 e. The Morgan fingerprint density at radius 3 is 2.64 bits per heavy atom. The maximum absolute atomic E-state index is 11.8. The summed E-state index contributed by atoms with van der Waals surface area (Å²) in [4.78, 5) is 14.0. The summed E-state index contributed by atoms with van der Waals surface area (Å²) in [6, 6.07) is 0. The van der Waals surface area contributed by atoms with Crippen LogP contribution in [0, 0.1) is 5.41 Å². The molecule has 0 saturated carbocycles. The van der Waals surface area contributed by atoms with Crippen molar-refractivity contribution in [3.8, 4) is 0 Å². The van der Waals surface area contributed by atoms with Gasteiger partial charge in [0.2, 0.25) is 0 Å². The Labute approximate surface area is 86.4 Å². The first-order valence-electron chi connectivity index (χ1n) is 5.33. The third kappa shape index (κ3) is 3.76. The maximum atomic E-state index is 11.8. The highest BCUT2D eigenvalue weighted by Crippen LogP contribution is 2.15. The van der Waals surface area contributed by atoms with Crippen molar-refractivity contribution >= 4 is 5.78 Å². The number of carbonyl (C=O) groups is 1. The number of rotatable bonds is 2. The highest BCUT2D eigenvalue weighted by Gasteiger charge is 2.23. The summed E-state index contributed by atoms with van der Waals surface area (Å²) >= 11 is 0. The molecule has 0 unspecified atom stereocenters. The van der Waals surface area contributed by atoms with E-state index in [0.717, 1.165) is 32.7 Å². The summed E-state index contributed by atoms with van der Waals surface area (Å²) in [7, 11) is 0. The minimum absolute atomic E-state index is 0.215. The number of carbonyl (C=O) groups excluding carboxylic acids is 1. The van der Waals surface area contributed by atoms with Gasteiger partial charge in [-0.05, 0) is 6.42 Å². The van der Waals surface area contributed by atoms with Gasteiger partial charge in [-0.15, -0.1) is 0 Å². The van der Waals surface area contributed by atoms with Crippen LogP contribution in [0.4, 0.5) is 0 Å². The molecule has 0 aromatic carbocycles. The second kappa shape index (κ2) is 4.89. The van der Waals surface area contributed by atoms with Crippen LogP contribution >= 0.6 is 0 Å². The zero-order valence-electron chi connectivity index (χ0n) is 9.51. The van der Waals surface area contributed by atoms with E-state index >= 15 is 0 Å². The fourth-order valence-electron chi connectivity index (χ4n) is 1.40. The molecule has 0 N–H and O–H groups in total. The first-order chi connectivity index (χ1) is 6.50. The SMILES string of the molecule is CC(C)(C)C(=O)CN1CCCOCC1. The van der Waals surface area contributed by atoms with Gasteiger partial charge in [-0.1, -0.05) is 20.8 Å². The van der Waals surface area contributed by atoms with E-state index in [9.17, 15) is 4.79 Å². The monoisotopic (exact) mass is 199 g/mol. The van der Waals surface area contributed by atoms with E-state index in [1.807, 2.05) is 20.8 Å². The van der Waals surface area contributed by atoms with Gasteiger partial charge in [-0.3, -0.25) is 9.69 Å². The molecule has 1 aliphatic rings. The number of ketones is 1. The van der Waals surface area contributed by atoms with Gasteiger partial charge in [0.15, 0.2) is 5.78 Å². The van der Waals surface area contributed by atoms with Crippen LogP contribution in [0.5, 0.6) is 0 Å². The lowest BCUT2D eigenvalue weighted by Gasteiger charge is -2.23. The molecule has 0 amide bonds. The van der Waals surface area contributed by atoms with Crippen LogP contribution in [0.1, 0.15) is 27.2 Å². The molecule has 0 aliphatic carbocycles. The molecule has 0 bridgehead atoms. The smallest absolute Gasteiger partial charge is 0.152 e. The topological polar surface area (TPSA) is 29.5 Å². The molecular weight excluding hydrogens is 178 g/mol. The quantitative estimate of drug-likeness (QED) is 0.672. The third-order valence-electron chi connectivity index (χ3n) is 2.52. The lowest BCUT2D eigenvalue weighted by atomic mass is 9.90. The van der Waals surface area contributed by atoms with Gasteiger partial charge in [0.05, 0.1) is 13.2 Å². The molecule has 82 valence electrons. The molecule has 1 aliphatic heterocycles. The number of hydrogen-bond acceptors (Lipinski definition) is 3.